The second-order valence-electron chi connectivity index (χ2n) is 6.70. The highest BCUT2D eigenvalue weighted by Crippen LogP contribution is 2.58. The van der Waals surface area contributed by atoms with E-state index in [-0.39, 0.29) is 23.3 Å². The summed E-state index contributed by atoms with van der Waals surface area (Å²) in [5, 5.41) is 0. The van der Waals surface area contributed by atoms with Crippen LogP contribution in [0.25, 0.3) is 0 Å². The van der Waals surface area contributed by atoms with Crippen molar-refractivity contribution in [2.45, 2.75) is 38.3 Å². The molecule has 1 aromatic heterocycles. The van der Waals surface area contributed by atoms with Crippen molar-refractivity contribution in [2.75, 3.05) is 18.6 Å². The van der Waals surface area contributed by atoms with Gasteiger partial charge in [-0.15, -0.1) is 0 Å². The van der Waals surface area contributed by atoms with Gasteiger partial charge in [0.2, 0.25) is 5.91 Å². The van der Waals surface area contributed by atoms with E-state index in [9.17, 15) is 4.79 Å². The second-order valence-corrected chi connectivity index (χ2v) is 6.70. The van der Waals surface area contributed by atoms with Crippen molar-refractivity contribution in [3.63, 3.8) is 0 Å². The van der Waals surface area contributed by atoms with Gasteiger partial charge in [0.1, 0.15) is 5.54 Å². The molecule has 1 saturated carbocycles. The number of fused-ring (bicyclic) bond motifs is 1. The molecule has 3 unspecified atom stereocenters. The van der Waals surface area contributed by atoms with Crippen molar-refractivity contribution in [1.82, 2.24) is 4.98 Å². The molecule has 2 heterocycles. The quantitative estimate of drug-likeness (QED) is 0.897. The van der Waals surface area contributed by atoms with Crippen LogP contribution in [0.2, 0.25) is 0 Å². The number of aromatic nitrogens is 1. The molecule has 0 spiro atoms. The molecule has 1 aliphatic heterocycles. The zero-order valence-corrected chi connectivity index (χ0v) is 12.9. The molecule has 0 aromatic carbocycles. The van der Waals surface area contributed by atoms with Crippen LogP contribution in [0.3, 0.4) is 0 Å². The van der Waals surface area contributed by atoms with Crippen LogP contribution >= 0.6 is 0 Å². The van der Waals surface area contributed by atoms with Crippen molar-refractivity contribution < 1.29 is 9.53 Å². The number of ether oxygens (including phenoxy) is 1. The molecule has 3 rings (SSSR count). The first-order chi connectivity index (χ1) is 9.90. The molecule has 3 atom stereocenters. The average molecular weight is 289 g/mol. The van der Waals surface area contributed by atoms with E-state index in [0.717, 1.165) is 25.1 Å². The smallest absolute Gasteiger partial charge is 0.247 e. The summed E-state index contributed by atoms with van der Waals surface area (Å²) in [7, 11) is 1.78. The molecule has 5 nitrogen and oxygen atoms in total. The van der Waals surface area contributed by atoms with Crippen LogP contribution in [0.15, 0.2) is 24.5 Å². The Balaban J connectivity index is 1.89. The lowest BCUT2D eigenvalue weighted by molar-refractivity contribution is -0.223. The first-order valence-corrected chi connectivity index (χ1v) is 7.49. The molecule has 1 amide bonds. The monoisotopic (exact) mass is 289 g/mol. The molecule has 0 radical (unpaired) electrons. The first kappa shape index (κ1) is 14.5. The molecule has 2 aliphatic rings. The van der Waals surface area contributed by atoms with Gasteiger partial charge in [-0.3, -0.25) is 9.78 Å². The Morgan fingerprint density at radius 2 is 2.10 bits per heavy atom. The molecular formula is C16H23N3O2. The Morgan fingerprint density at radius 1 is 1.43 bits per heavy atom. The molecule has 1 aromatic rings. The van der Waals surface area contributed by atoms with Gasteiger partial charge in [-0.2, -0.15) is 0 Å². The number of nitrogens with zero attached hydrogens (tertiary/aromatic N) is 2. The fraction of sp³-hybridized carbons (Fsp3) is 0.625. The number of carbonyl (C=O) groups excluding carboxylic acids is 1. The minimum Gasteiger partial charge on any atom is -0.377 e. The van der Waals surface area contributed by atoms with E-state index in [2.05, 4.69) is 4.98 Å². The molecule has 5 heteroatoms. The summed E-state index contributed by atoms with van der Waals surface area (Å²) in [4.78, 5) is 18.7. The van der Waals surface area contributed by atoms with Crippen LogP contribution < -0.4 is 10.6 Å². The molecule has 1 aliphatic carbocycles. The number of hydrogen-bond donors (Lipinski definition) is 1. The van der Waals surface area contributed by atoms with E-state index < -0.39 is 5.54 Å². The maximum atomic E-state index is 13.0. The maximum Gasteiger partial charge on any atom is 0.247 e. The third kappa shape index (κ3) is 1.84. The van der Waals surface area contributed by atoms with E-state index in [1.165, 1.54) is 0 Å². The van der Waals surface area contributed by atoms with E-state index in [1.807, 2.05) is 26.0 Å². The summed E-state index contributed by atoms with van der Waals surface area (Å²) in [6, 6.07) is 3.64. The topological polar surface area (TPSA) is 68.5 Å². The Hall–Kier alpha value is -1.46. The summed E-state index contributed by atoms with van der Waals surface area (Å²) in [6.07, 6.45) is 5.39. The van der Waals surface area contributed by atoms with Crippen LogP contribution in [0.1, 0.15) is 26.7 Å². The summed E-state index contributed by atoms with van der Waals surface area (Å²) in [6.45, 7) is 4.85. The fourth-order valence-corrected chi connectivity index (χ4v) is 3.97. The summed E-state index contributed by atoms with van der Waals surface area (Å²) in [5.74, 6) is 0.0727. The van der Waals surface area contributed by atoms with Gasteiger partial charge in [0.25, 0.3) is 0 Å². The van der Waals surface area contributed by atoms with Crippen LogP contribution in [-0.4, -0.2) is 36.2 Å². The Kier molecular flexibility index (Phi) is 3.30. The number of likely N-dealkylation sites (N-methyl/N-ethyl adjacent to an activating group) is 1. The third-order valence-corrected chi connectivity index (χ3v) is 5.39. The number of pyridine rings is 1. The second kappa shape index (κ2) is 4.78. The summed E-state index contributed by atoms with van der Waals surface area (Å²) < 4.78 is 5.86. The van der Waals surface area contributed by atoms with Gasteiger partial charge in [0.15, 0.2) is 0 Å². The molecule has 114 valence electrons. The highest BCUT2D eigenvalue weighted by Gasteiger charge is 2.70. The molecule has 1 saturated heterocycles. The average Bonchev–Trinajstić information content (AvgIpc) is 2.53. The number of rotatable bonds is 2. The Bertz CT molecular complexity index is 546. The lowest BCUT2D eigenvalue weighted by Gasteiger charge is -2.65. The zero-order valence-electron chi connectivity index (χ0n) is 12.9. The zero-order chi connectivity index (χ0) is 15.3. The van der Waals surface area contributed by atoms with Crippen molar-refractivity contribution in [1.29, 1.82) is 0 Å². The summed E-state index contributed by atoms with van der Waals surface area (Å²) in [5.41, 5.74) is 6.23. The largest absolute Gasteiger partial charge is 0.377 e. The molecular weight excluding hydrogens is 266 g/mol. The standard InChI is InChI=1S/C16H23N3O2/c1-15(2)13-12(5-4-10-21-13)16(15,17)14(20)19(3)11-6-8-18-9-7-11/h6-9,12-13H,4-5,10,17H2,1-3H3. The minimum absolute atomic E-state index is 0.0366. The minimum atomic E-state index is -0.865. The van der Waals surface area contributed by atoms with Gasteiger partial charge in [0, 0.05) is 43.1 Å². The molecule has 2 fully saturated rings. The van der Waals surface area contributed by atoms with E-state index in [0.29, 0.717) is 0 Å². The Morgan fingerprint density at radius 3 is 2.76 bits per heavy atom. The fourth-order valence-electron chi connectivity index (χ4n) is 3.97. The highest BCUT2D eigenvalue weighted by molar-refractivity contribution is 6.01. The molecule has 2 N–H and O–H groups in total. The molecule has 0 bridgehead atoms. The number of hydrogen-bond acceptors (Lipinski definition) is 4. The summed E-state index contributed by atoms with van der Waals surface area (Å²) >= 11 is 0. The van der Waals surface area contributed by atoms with Gasteiger partial charge in [-0.25, -0.2) is 0 Å². The van der Waals surface area contributed by atoms with Crippen molar-refractivity contribution in [3.05, 3.63) is 24.5 Å². The van der Waals surface area contributed by atoms with Crippen molar-refractivity contribution in [3.8, 4) is 0 Å². The van der Waals surface area contributed by atoms with Gasteiger partial charge in [-0.05, 0) is 25.0 Å². The van der Waals surface area contributed by atoms with E-state index in [4.69, 9.17) is 10.5 Å². The van der Waals surface area contributed by atoms with Crippen LogP contribution in [0.4, 0.5) is 5.69 Å². The van der Waals surface area contributed by atoms with Crippen LogP contribution in [-0.2, 0) is 9.53 Å². The van der Waals surface area contributed by atoms with Crippen LogP contribution in [0.5, 0.6) is 0 Å². The van der Waals surface area contributed by atoms with Gasteiger partial charge < -0.3 is 15.4 Å². The number of carbonyl (C=O) groups is 1. The third-order valence-electron chi connectivity index (χ3n) is 5.39. The van der Waals surface area contributed by atoms with Crippen molar-refractivity contribution in [2.24, 2.45) is 17.1 Å². The lowest BCUT2D eigenvalue weighted by Crippen LogP contribution is -2.82. The van der Waals surface area contributed by atoms with E-state index >= 15 is 0 Å². The Labute approximate surface area is 125 Å². The van der Waals surface area contributed by atoms with Gasteiger partial charge in [-0.1, -0.05) is 13.8 Å². The number of anilines is 1. The number of nitrogens with two attached hydrogens (primary N) is 1. The normalized spacial score (nSPS) is 33.7. The first-order valence-electron chi connectivity index (χ1n) is 7.49. The lowest BCUT2D eigenvalue weighted by atomic mass is 9.46. The van der Waals surface area contributed by atoms with E-state index in [1.54, 1.807) is 24.3 Å². The molecule has 21 heavy (non-hydrogen) atoms. The SMILES string of the molecule is CN(C(=O)C1(N)C2CCCOC2C1(C)C)c1ccncc1. The predicted molar refractivity (Wildman–Crippen MR) is 80.8 cm³/mol. The van der Waals surface area contributed by atoms with Crippen LogP contribution in [0, 0.1) is 11.3 Å². The van der Waals surface area contributed by atoms with Crippen molar-refractivity contribution >= 4 is 11.6 Å². The highest BCUT2D eigenvalue weighted by atomic mass is 16.5. The predicted octanol–water partition coefficient (Wildman–Crippen LogP) is 1.58. The van der Waals surface area contributed by atoms with Gasteiger partial charge >= 0.3 is 0 Å². The number of amides is 1. The van der Waals surface area contributed by atoms with Gasteiger partial charge in [0.05, 0.1) is 6.10 Å². The maximum absolute atomic E-state index is 13.0.